The van der Waals surface area contributed by atoms with Crippen molar-refractivity contribution >= 4 is 27.9 Å². The molecule has 0 saturated heterocycles. The van der Waals surface area contributed by atoms with Gasteiger partial charge in [-0.1, -0.05) is 30.4 Å². The summed E-state index contributed by atoms with van der Waals surface area (Å²) in [6.45, 7) is 2.11. The fraction of sp³-hybridized carbons (Fsp3) is 0.286. The molecule has 0 unspecified atom stereocenters. The van der Waals surface area contributed by atoms with Gasteiger partial charge in [0.15, 0.2) is 0 Å². The van der Waals surface area contributed by atoms with Crippen molar-refractivity contribution in [2.45, 2.75) is 26.2 Å². The number of aryl methyl sites for hydroxylation is 2. The average Bonchev–Trinajstić information content (AvgIpc) is 3.07. The van der Waals surface area contributed by atoms with Crippen molar-refractivity contribution in [2.75, 3.05) is 5.32 Å². The van der Waals surface area contributed by atoms with E-state index in [1.165, 1.54) is 16.9 Å². The van der Waals surface area contributed by atoms with E-state index in [-0.39, 0.29) is 5.91 Å². The number of anilines is 1. The first-order valence-electron chi connectivity index (χ1n) is 6.79. The summed E-state index contributed by atoms with van der Waals surface area (Å²) in [5, 5.41) is 15.8. The highest BCUT2D eigenvalue weighted by Gasteiger charge is 2.08. The Kier molecular flexibility index (Phi) is 3.92. The summed E-state index contributed by atoms with van der Waals surface area (Å²) in [6, 6.07) is 7.91. The van der Waals surface area contributed by atoms with Crippen molar-refractivity contribution in [1.82, 2.24) is 19.8 Å². The number of aromatic nitrogens is 4. The van der Waals surface area contributed by atoms with Gasteiger partial charge in [-0.15, -0.1) is 10.2 Å². The second-order valence-corrected chi connectivity index (χ2v) is 5.69. The molecule has 0 spiro atoms. The second kappa shape index (κ2) is 6.01. The average molecular weight is 301 g/mol. The van der Waals surface area contributed by atoms with Crippen LogP contribution in [0.4, 0.5) is 5.69 Å². The molecular weight excluding hydrogens is 286 g/mol. The zero-order valence-corrected chi connectivity index (χ0v) is 12.4. The molecular formula is C14H15N5OS. The molecule has 0 radical (unpaired) electrons. The lowest BCUT2D eigenvalue weighted by Gasteiger charge is -2.05. The van der Waals surface area contributed by atoms with Crippen molar-refractivity contribution in [3.63, 3.8) is 0 Å². The van der Waals surface area contributed by atoms with Crippen LogP contribution in [0.1, 0.15) is 23.9 Å². The highest BCUT2D eigenvalue weighted by atomic mass is 32.1. The lowest BCUT2D eigenvalue weighted by atomic mass is 10.1. The molecule has 108 valence electrons. The van der Waals surface area contributed by atoms with Gasteiger partial charge in [-0.3, -0.25) is 4.79 Å². The van der Waals surface area contributed by atoms with Crippen LogP contribution in [0.3, 0.4) is 0 Å². The molecule has 3 rings (SSSR count). The molecule has 2 aromatic heterocycles. The van der Waals surface area contributed by atoms with Crippen molar-refractivity contribution in [3.8, 4) is 0 Å². The van der Waals surface area contributed by atoms with Crippen LogP contribution in [0, 0.1) is 0 Å². The third-order valence-corrected chi connectivity index (χ3v) is 4.11. The Labute approximate surface area is 125 Å². The molecule has 0 saturated carbocycles. The van der Waals surface area contributed by atoms with Gasteiger partial charge in [0.2, 0.25) is 10.9 Å². The molecule has 7 heteroatoms. The molecule has 0 atom stereocenters. The molecule has 6 nitrogen and oxygen atoms in total. The first-order chi connectivity index (χ1) is 10.2. The number of nitrogens with zero attached hydrogens (tertiary/aromatic N) is 4. The highest BCUT2D eigenvalue weighted by molar-refractivity contribution is 7.16. The first-order valence-corrected chi connectivity index (χ1v) is 7.61. The van der Waals surface area contributed by atoms with Crippen LogP contribution in [0.25, 0.3) is 4.96 Å². The van der Waals surface area contributed by atoms with Crippen LogP contribution < -0.4 is 5.32 Å². The summed E-state index contributed by atoms with van der Waals surface area (Å²) in [5.74, 6) is -0.00906. The van der Waals surface area contributed by atoms with Crippen LogP contribution in [0.15, 0.2) is 30.6 Å². The van der Waals surface area contributed by atoms with E-state index in [2.05, 4.69) is 27.5 Å². The minimum Gasteiger partial charge on any atom is -0.326 e. The van der Waals surface area contributed by atoms with Crippen LogP contribution in [0.5, 0.6) is 0 Å². The standard InChI is InChI=1S/C14H15N5OS/c1-2-10-3-5-11(6-4-10)16-12(20)7-8-13-18-19-9-15-17-14(19)21-13/h3-6,9H,2,7-8H2,1H3,(H,16,20). The maximum absolute atomic E-state index is 11.9. The highest BCUT2D eigenvalue weighted by Crippen LogP contribution is 2.14. The van der Waals surface area contributed by atoms with E-state index in [1.54, 1.807) is 10.8 Å². The number of hydrogen-bond acceptors (Lipinski definition) is 5. The van der Waals surface area contributed by atoms with Crippen LogP contribution in [-0.2, 0) is 17.6 Å². The van der Waals surface area contributed by atoms with Crippen molar-refractivity contribution < 1.29 is 4.79 Å². The monoisotopic (exact) mass is 301 g/mol. The molecule has 0 bridgehead atoms. The van der Waals surface area contributed by atoms with Gasteiger partial charge < -0.3 is 5.32 Å². The summed E-state index contributed by atoms with van der Waals surface area (Å²) in [5.41, 5.74) is 2.09. The van der Waals surface area contributed by atoms with E-state index in [0.717, 1.165) is 22.1 Å². The molecule has 0 aliphatic rings. The molecule has 3 aromatic rings. The van der Waals surface area contributed by atoms with Crippen LogP contribution in [-0.4, -0.2) is 25.7 Å². The second-order valence-electron chi connectivity index (χ2n) is 4.65. The first kappa shape index (κ1) is 13.7. The Morgan fingerprint density at radius 2 is 2.14 bits per heavy atom. The largest absolute Gasteiger partial charge is 0.326 e. The zero-order chi connectivity index (χ0) is 14.7. The van der Waals surface area contributed by atoms with Gasteiger partial charge in [-0.05, 0) is 24.1 Å². The molecule has 2 heterocycles. The van der Waals surface area contributed by atoms with Crippen LogP contribution in [0.2, 0.25) is 0 Å². The molecule has 21 heavy (non-hydrogen) atoms. The maximum Gasteiger partial charge on any atom is 0.234 e. The van der Waals surface area contributed by atoms with E-state index in [9.17, 15) is 4.79 Å². The lowest BCUT2D eigenvalue weighted by molar-refractivity contribution is -0.116. The molecule has 1 amide bonds. The van der Waals surface area contributed by atoms with E-state index in [1.807, 2.05) is 24.3 Å². The van der Waals surface area contributed by atoms with Crippen molar-refractivity contribution in [1.29, 1.82) is 0 Å². The van der Waals surface area contributed by atoms with Gasteiger partial charge in [0, 0.05) is 18.5 Å². The fourth-order valence-electron chi connectivity index (χ4n) is 1.97. The number of fused-ring (bicyclic) bond motifs is 1. The number of carbonyl (C=O) groups excluding carboxylic acids is 1. The van der Waals surface area contributed by atoms with Gasteiger partial charge in [-0.25, -0.2) is 0 Å². The minimum absolute atomic E-state index is 0.00906. The Balaban J connectivity index is 1.54. The quantitative estimate of drug-likeness (QED) is 0.785. The maximum atomic E-state index is 11.9. The smallest absolute Gasteiger partial charge is 0.234 e. The fourth-order valence-corrected chi connectivity index (χ4v) is 2.78. The predicted molar refractivity (Wildman–Crippen MR) is 81.4 cm³/mol. The molecule has 0 fully saturated rings. The Morgan fingerprint density at radius 3 is 2.86 bits per heavy atom. The lowest BCUT2D eigenvalue weighted by Crippen LogP contribution is -2.12. The molecule has 1 aromatic carbocycles. The minimum atomic E-state index is -0.00906. The summed E-state index contributed by atoms with van der Waals surface area (Å²) in [7, 11) is 0. The van der Waals surface area contributed by atoms with E-state index >= 15 is 0 Å². The molecule has 0 aliphatic heterocycles. The summed E-state index contributed by atoms with van der Waals surface area (Å²) < 4.78 is 1.63. The summed E-state index contributed by atoms with van der Waals surface area (Å²) in [4.78, 5) is 12.7. The zero-order valence-electron chi connectivity index (χ0n) is 11.6. The van der Waals surface area contributed by atoms with Gasteiger partial charge in [0.1, 0.15) is 11.3 Å². The third kappa shape index (κ3) is 3.25. The normalized spacial score (nSPS) is 10.9. The number of rotatable bonds is 5. The number of amides is 1. The van der Waals surface area contributed by atoms with Crippen molar-refractivity contribution in [2.24, 2.45) is 0 Å². The summed E-state index contributed by atoms with van der Waals surface area (Å²) >= 11 is 1.46. The van der Waals surface area contributed by atoms with E-state index in [0.29, 0.717) is 12.8 Å². The van der Waals surface area contributed by atoms with Gasteiger partial charge in [0.05, 0.1) is 0 Å². The van der Waals surface area contributed by atoms with E-state index in [4.69, 9.17) is 0 Å². The van der Waals surface area contributed by atoms with Gasteiger partial charge in [-0.2, -0.15) is 9.61 Å². The Bertz CT molecular complexity index is 718. The Hall–Kier alpha value is -2.28. The number of hydrogen-bond donors (Lipinski definition) is 1. The number of benzene rings is 1. The summed E-state index contributed by atoms with van der Waals surface area (Å²) in [6.07, 6.45) is 3.56. The van der Waals surface area contributed by atoms with Gasteiger partial charge >= 0.3 is 0 Å². The number of carbonyl (C=O) groups is 1. The topological polar surface area (TPSA) is 72.2 Å². The predicted octanol–water partition coefficient (Wildman–Crippen LogP) is 2.32. The number of nitrogens with one attached hydrogen (secondary N) is 1. The van der Waals surface area contributed by atoms with Gasteiger partial charge in [0.25, 0.3) is 0 Å². The molecule has 1 N–H and O–H groups in total. The van der Waals surface area contributed by atoms with Crippen molar-refractivity contribution in [3.05, 3.63) is 41.2 Å². The molecule has 0 aliphatic carbocycles. The van der Waals surface area contributed by atoms with Crippen LogP contribution >= 0.6 is 11.3 Å². The Morgan fingerprint density at radius 1 is 1.33 bits per heavy atom. The SMILES string of the molecule is CCc1ccc(NC(=O)CCc2nn3cnnc3s2)cc1. The third-order valence-electron chi connectivity index (χ3n) is 3.14. The van der Waals surface area contributed by atoms with E-state index < -0.39 is 0 Å².